The average molecular weight is 305 g/mol. The van der Waals surface area contributed by atoms with Gasteiger partial charge in [-0.15, -0.1) is 0 Å². The third kappa shape index (κ3) is 3.52. The molecule has 0 spiro atoms. The lowest BCUT2D eigenvalue weighted by molar-refractivity contribution is -0.114. The zero-order chi connectivity index (χ0) is 15.6. The highest BCUT2D eigenvalue weighted by Gasteiger charge is 2.15. The van der Waals surface area contributed by atoms with Crippen LogP contribution in [-0.2, 0) is 11.2 Å². The first kappa shape index (κ1) is 15.3. The summed E-state index contributed by atoms with van der Waals surface area (Å²) in [5.74, 6) is 0.461. The largest absolute Gasteiger partial charge is 0.506 e. The standard InChI is InChI=1S/C16H17ClN2O2/c1-9-14(8-12-4-6-13(17)7-5-12)16(19-11(3)20)18-10(2)15(9)21/h4-7,21H,8H2,1-3H3,(H,18,19,20). The van der Waals surface area contributed by atoms with Crippen molar-refractivity contribution in [1.82, 2.24) is 4.98 Å². The highest BCUT2D eigenvalue weighted by Crippen LogP contribution is 2.30. The van der Waals surface area contributed by atoms with Crippen molar-refractivity contribution in [2.75, 3.05) is 5.32 Å². The molecule has 21 heavy (non-hydrogen) atoms. The van der Waals surface area contributed by atoms with Gasteiger partial charge in [-0.1, -0.05) is 23.7 Å². The fraction of sp³-hybridized carbons (Fsp3) is 0.250. The molecule has 110 valence electrons. The third-order valence-corrected chi connectivity index (χ3v) is 3.56. The highest BCUT2D eigenvalue weighted by molar-refractivity contribution is 6.30. The fourth-order valence-electron chi connectivity index (χ4n) is 2.17. The van der Waals surface area contributed by atoms with E-state index in [9.17, 15) is 9.90 Å². The van der Waals surface area contributed by atoms with Crippen LogP contribution in [-0.4, -0.2) is 16.0 Å². The Balaban J connectivity index is 2.47. The molecule has 5 heteroatoms. The van der Waals surface area contributed by atoms with Gasteiger partial charge in [-0.3, -0.25) is 4.79 Å². The number of carbonyl (C=O) groups is 1. The van der Waals surface area contributed by atoms with Gasteiger partial charge in [0.2, 0.25) is 5.91 Å². The topological polar surface area (TPSA) is 62.2 Å². The Hall–Kier alpha value is -2.07. The lowest BCUT2D eigenvalue weighted by atomic mass is 10.00. The van der Waals surface area contributed by atoms with Crippen molar-refractivity contribution >= 4 is 23.3 Å². The molecule has 0 saturated carbocycles. The summed E-state index contributed by atoms with van der Waals surface area (Å²) in [4.78, 5) is 15.6. The van der Waals surface area contributed by atoms with Crippen molar-refractivity contribution in [2.45, 2.75) is 27.2 Å². The van der Waals surface area contributed by atoms with Crippen LogP contribution < -0.4 is 5.32 Å². The van der Waals surface area contributed by atoms with Crippen LogP contribution in [0, 0.1) is 13.8 Å². The molecule has 1 aromatic carbocycles. The summed E-state index contributed by atoms with van der Waals surface area (Å²) < 4.78 is 0. The maximum Gasteiger partial charge on any atom is 0.222 e. The van der Waals surface area contributed by atoms with Gasteiger partial charge in [0.05, 0.1) is 5.69 Å². The summed E-state index contributed by atoms with van der Waals surface area (Å²) >= 11 is 5.88. The predicted molar refractivity (Wildman–Crippen MR) is 83.9 cm³/mol. The third-order valence-electron chi connectivity index (χ3n) is 3.30. The second kappa shape index (κ2) is 6.14. The molecule has 0 unspecified atom stereocenters. The van der Waals surface area contributed by atoms with Crippen LogP contribution in [0.5, 0.6) is 5.75 Å². The van der Waals surface area contributed by atoms with Crippen molar-refractivity contribution in [1.29, 1.82) is 0 Å². The lowest BCUT2D eigenvalue weighted by Crippen LogP contribution is -2.12. The number of aryl methyl sites for hydroxylation is 1. The van der Waals surface area contributed by atoms with E-state index < -0.39 is 0 Å². The number of anilines is 1. The molecular formula is C16H17ClN2O2. The van der Waals surface area contributed by atoms with E-state index in [0.29, 0.717) is 23.0 Å². The van der Waals surface area contributed by atoms with Gasteiger partial charge in [0, 0.05) is 23.9 Å². The van der Waals surface area contributed by atoms with Crippen molar-refractivity contribution in [2.24, 2.45) is 0 Å². The highest BCUT2D eigenvalue weighted by atomic mass is 35.5. The molecule has 0 aliphatic heterocycles. The molecular weight excluding hydrogens is 288 g/mol. The maximum absolute atomic E-state index is 11.3. The van der Waals surface area contributed by atoms with Crippen LogP contribution >= 0.6 is 11.6 Å². The van der Waals surface area contributed by atoms with Gasteiger partial charge >= 0.3 is 0 Å². The minimum atomic E-state index is -0.190. The van der Waals surface area contributed by atoms with E-state index in [1.165, 1.54) is 6.92 Å². The van der Waals surface area contributed by atoms with Crippen molar-refractivity contribution in [3.8, 4) is 5.75 Å². The number of nitrogens with one attached hydrogen (secondary N) is 1. The monoisotopic (exact) mass is 304 g/mol. The van der Waals surface area contributed by atoms with Gasteiger partial charge in [0.15, 0.2) is 0 Å². The van der Waals surface area contributed by atoms with Crippen LogP contribution in [0.15, 0.2) is 24.3 Å². The number of hydrogen-bond donors (Lipinski definition) is 2. The number of carbonyl (C=O) groups excluding carboxylic acids is 1. The molecule has 1 amide bonds. The van der Waals surface area contributed by atoms with E-state index in [1.54, 1.807) is 6.92 Å². The number of hydrogen-bond acceptors (Lipinski definition) is 3. The summed E-state index contributed by atoms with van der Waals surface area (Å²) in [6, 6.07) is 7.45. The van der Waals surface area contributed by atoms with Crippen molar-refractivity contribution in [3.05, 3.63) is 51.7 Å². The fourth-order valence-corrected chi connectivity index (χ4v) is 2.30. The van der Waals surface area contributed by atoms with Gasteiger partial charge in [-0.2, -0.15) is 0 Å². The maximum atomic E-state index is 11.3. The van der Waals surface area contributed by atoms with Crippen LogP contribution in [0.2, 0.25) is 5.02 Å². The smallest absolute Gasteiger partial charge is 0.222 e. The molecule has 2 rings (SSSR count). The first-order valence-electron chi connectivity index (χ1n) is 6.59. The van der Waals surface area contributed by atoms with E-state index in [1.807, 2.05) is 31.2 Å². The normalized spacial score (nSPS) is 10.5. The summed E-state index contributed by atoms with van der Waals surface area (Å²) in [5.41, 5.74) is 3.05. The summed E-state index contributed by atoms with van der Waals surface area (Å²) in [6.07, 6.45) is 0.555. The number of benzene rings is 1. The van der Waals surface area contributed by atoms with Crippen LogP contribution in [0.25, 0.3) is 0 Å². The van der Waals surface area contributed by atoms with Crippen molar-refractivity contribution in [3.63, 3.8) is 0 Å². The van der Waals surface area contributed by atoms with Gasteiger partial charge in [0.1, 0.15) is 11.6 Å². The SMILES string of the molecule is CC(=O)Nc1nc(C)c(O)c(C)c1Cc1ccc(Cl)cc1. The number of halogens is 1. The Morgan fingerprint density at radius 3 is 2.48 bits per heavy atom. The van der Waals surface area contributed by atoms with E-state index in [0.717, 1.165) is 16.7 Å². The van der Waals surface area contributed by atoms with Crippen LogP contribution in [0.1, 0.15) is 29.3 Å². The number of aromatic nitrogens is 1. The molecule has 1 heterocycles. The second-order valence-electron chi connectivity index (χ2n) is 4.98. The van der Waals surface area contributed by atoms with Gasteiger partial charge < -0.3 is 10.4 Å². The number of nitrogens with zero attached hydrogens (tertiary/aromatic N) is 1. The molecule has 0 bridgehead atoms. The molecule has 0 saturated heterocycles. The molecule has 0 aliphatic carbocycles. The van der Waals surface area contributed by atoms with Gasteiger partial charge in [0.25, 0.3) is 0 Å². The zero-order valence-electron chi connectivity index (χ0n) is 12.2. The molecule has 0 radical (unpaired) electrons. The number of pyridine rings is 1. The number of rotatable bonds is 3. The first-order chi connectivity index (χ1) is 9.88. The quantitative estimate of drug-likeness (QED) is 0.910. The van der Waals surface area contributed by atoms with E-state index in [2.05, 4.69) is 10.3 Å². The first-order valence-corrected chi connectivity index (χ1v) is 6.97. The lowest BCUT2D eigenvalue weighted by Gasteiger charge is -2.15. The summed E-state index contributed by atoms with van der Waals surface area (Å²) in [6.45, 7) is 4.96. The summed E-state index contributed by atoms with van der Waals surface area (Å²) in [5, 5.41) is 13.5. The van der Waals surface area contributed by atoms with Gasteiger partial charge in [-0.25, -0.2) is 4.98 Å². The second-order valence-corrected chi connectivity index (χ2v) is 5.42. The summed E-state index contributed by atoms with van der Waals surface area (Å²) in [7, 11) is 0. The van der Waals surface area contributed by atoms with E-state index in [-0.39, 0.29) is 11.7 Å². The Bertz CT molecular complexity index is 682. The minimum absolute atomic E-state index is 0.160. The molecule has 0 fully saturated rings. The minimum Gasteiger partial charge on any atom is -0.506 e. The van der Waals surface area contributed by atoms with E-state index in [4.69, 9.17) is 11.6 Å². The molecule has 0 aliphatic rings. The molecule has 1 aromatic heterocycles. The Kier molecular flexibility index (Phi) is 4.48. The number of amides is 1. The predicted octanol–water partition coefficient (Wildman–Crippen LogP) is 3.61. The Morgan fingerprint density at radius 1 is 1.29 bits per heavy atom. The molecule has 0 atom stereocenters. The van der Waals surface area contributed by atoms with Crippen LogP contribution in [0.4, 0.5) is 5.82 Å². The Morgan fingerprint density at radius 2 is 1.90 bits per heavy atom. The van der Waals surface area contributed by atoms with E-state index >= 15 is 0 Å². The van der Waals surface area contributed by atoms with Crippen LogP contribution in [0.3, 0.4) is 0 Å². The molecule has 4 nitrogen and oxygen atoms in total. The average Bonchev–Trinajstić information content (AvgIpc) is 2.42. The number of aromatic hydroxyl groups is 1. The molecule has 2 aromatic rings. The Labute approximate surface area is 128 Å². The van der Waals surface area contributed by atoms with Gasteiger partial charge in [-0.05, 0) is 37.1 Å². The molecule has 2 N–H and O–H groups in total. The zero-order valence-corrected chi connectivity index (χ0v) is 13.0. The van der Waals surface area contributed by atoms with Crippen molar-refractivity contribution < 1.29 is 9.90 Å².